The van der Waals surface area contributed by atoms with Gasteiger partial charge in [0.15, 0.2) is 4.87 Å². The van der Waals surface area contributed by atoms with Crippen molar-refractivity contribution in [3.05, 3.63) is 96.7 Å². The van der Waals surface area contributed by atoms with E-state index in [0.717, 1.165) is 5.69 Å². The van der Waals surface area contributed by atoms with Gasteiger partial charge in [-0.15, -0.1) is 12.4 Å². The molecule has 35 heavy (non-hydrogen) atoms. The predicted octanol–water partition coefficient (Wildman–Crippen LogP) is 2.41. The number of carboxylic acid groups (broad SMARTS) is 1. The fourth-order valence-electron chi connectivity index (χ4n) is 3.47. The molecule has 0 saturated heterocycles. The minimum atomic E-state index is -4.16. The summed E-state index contributed by atoms with van der Waals surface area (Å²) in [4.78, 5) is 17.2. The van der Waals surface area contributed by atoms with Crippen molar-refractivity contribution in [3.8, 4) is 5.69 Å². The van der Waals surface area contributed by atoms with Gasteiger partial charge in [0, 0.05) is 31.2 Å². The van der Waals surface area contributed by atoms with Crippen LogP contribution < -0.4 is 11.1 Å². The van der Waals surface area contributed by atoms with Crippen LogP contribution in [0.25, 0.3) is 5.69 Å². The van der Waals surface area contributed by atoms with Gasteiger partial charge in [0.05, 0.1) is 16.3 Å². The third kappa shape index (κ3) is 5.48. The zero-order chi connectivity index (χ0) is 24.2. The van der Waals surface area contributed by atoms with Gasteiger partial charge in [0.2, 0.25) is 9.84 Å². The lowest BCUT2D eigenvalue weighted by Crippen LogP contribution is -2.47. The molecule has 0 radical (unpaired) electrons. The first-order valence-corrected chi connectivity index (χ1v) is 11.7. The molecule has 0 fully saturated rings. The third-order valence-corrected chi connectivity index (χ3v) is 7.37. The SMILES string of the molecule is Cl.NC(Cc1ccc(-n2cccn2)cc1)(c1cccc(NCC(=O)O)n1)S(=O)(=O)c1cccnc1. The molecule has 10 nitrogen and oxygen atoms in total. The summed E-state index contributed by atoms with van der Waals surface area (Å²) in [5, 5.41) is 15.8. The molecular formula is C23H23ClN6O4S. The Morgan fingerprint density at radius 1 is 1.06 bits per heavy atom. The topological polar surface area (TPSA) is 153 Å². The number of nitrogens with two attached hydrogens (primary N) is 1. The number of carboxylic acids is 1. The highest BCUT2D eigenvalue weighted by Crippen LogP contribution is 2.34. The average molecular weight is 515 g/mol. The molecule has 0 spiro atoms. The quantitative estimate of drug-likeness (QED) is 0.305. The predicted molar refractivity (Wildman–Crippen MR) is 132 cm³/mol. The lowest BCUT2D eigenvalue weighted by molar-refractivity contribution is -0.134. The number of rotatable bonds is 9. The van der Waals surface area contributed by atoms with Gasteiger partial charge in [-0.1, -0.05) is 18.2 Å². The largest absolute Gasteiger partial charge is 0.480 e. The number of hydrogen-bond donors (Lipinski definition) is 3. The second-order valence-electron chi connectivity index (χ2n) is 7.53. The van der Waals surface area contributed by atoms with Crippen LogP contribution >= 0.6 is 12.4 Å². The average Bonchev–Trinajstić information content (AvgIpc) is 3.39. The van der Waals surface area contributed by atoms with Gasteiger partial charge >= 0.3 is 5.97 Å². The number of hydrogen-bond acceptors (Lipinski definition) is 8. The number of carbonyl (C=O) groups is 1. The Kier molecular flexibility index (Phi) is 7.85. The van der Waals surface area contributed by atoms with E-state index in [2.05, 4.69) is 20.4 Å². The van der Waals surface area contributed by atoms with E-state index in [0.29, 0.717) is 5.56 Å². The van der Waals surface area contributed by atoms with Crippen LogP contribution in [0.4, 0.5) is 5.82 Å². The van der Waals surface area contributed by atoms with E-state index in [1.807, 2.05) is 12.1 Å². The van der Waals surface area contributed by atoms with Crippen molar-refractivity contribution in [1.29, 1.82) is 0 Å². The van der Waals surface area contributed by atoms with Crippen molar-refractivity contribution in [1.82, 2.24) is 19.7 Å². The number of pyridine rings is 2. The highest BCUT2D eigenvalue weighted by molar-refractivity contribution is 7.92. The Labute approximate surface area is 208 Å². The first-order chi connectivity index (χ1) is 16.3. The summed E-state index contributed by atoms with van der Waals surface area (Å²) in [6.45, 7) is -0.377. The molecule has 4 rings (SSSR count). The van der Waals surface area contributed by atoms with Crippen LogP contribution in [0, 0.1) is 0 Å². The lowest BCUT2D eigenvalue weighted by Gasteiger charge is -2.29. The Morgan fingerprint density at radius 2 is 1.83 bits per heavy atom. The molecule has 182 valence electrons. The molecule has 1 unspecified atom stereocenters. The maximum absolute atomic E-state index is 13.8. The van der Waals surface area contributed by atoms with Crippen molar-refractivity contribution in [2.45, 2.75) is 16.2 Å². The van der Waals surface area contributed by atoms with Crippen molar-refractivity contribution in [2.24, 2.45) is 5.73 Å². The fourth-order valence-corrected chi connectivity index (χ4v) is 5.09. The molecule has 1 atom stereocenters. The van der Waals surface area contributed by atoms with Crippen LogP contribution in [0.5, 0.6) is 0 Å². The second-order valence-corrected chi connectivity index (χ2v) is 9.74. The first kappa shape index (κ1) is 25.8. The number of nitrogens with zero attached hydrogens (tertiary/aromatic N) is 4. The van der Waals surface area contributed by atoms with Crippen molar-refractivity contribution in [3.63, 3.8) is 0 Å². The van der Waals surface area contributed by atoms with Crippen molar-refractivity contribution < 1.29 is 18.3 Å². The molecule has 0 aliphatic carbocycles. The number of halogens is 1. The minimum Gasteiger partial charge on any atom is -0.480 e. The van der Waals surface area contributed by atoms with Crippen LogP contribution in [-0.2, 0) is 25.9 Å². The number of benzene rings is 1. The van der Waals surface area contributed by atoms with Gasteiger partial charge in [0.25, 0.3) is 0 Å². The Morgan fingerprint density at radius 3 is 2.46 bits per heavy atom. The summed E-state index contributed by atoms with van der Waals surface area (Å²) in [6.07, 6.45) is 6.09. The first-order valence-electron chi connectivity index (χ1n) is 10.3. The van der Waals surface area contributed by atoms with E-state index in [9.17, 15) is 13.2 Å². The van der Waals surface area contributed by atoms with E-state index in [4.69, 9.17) is 10.8 Å². The number of nitrogens with one attached hydrogen (secondary N) is 1. The monoisotopic (exact) mass is 514 g/mol. The van der Waals surface area contributed by atoms with Gasteiger partial charge in [-0.25, -0.2) is 18.1 Å². The molecule has 3 heterocycles. The maximum Gasteiger partial charge on any atom is 0.322 e. The Hall–Kier alpha value is -3.80. The smallest absolute Gasteiger partial charge is 0.322 e. The minimum absolute atomic E-state index is 0. The Bertz CT molecular complexity index is 1380. The molecule has 0 aliphatic rings. The zero-order valence-corrected chi connectivity index (χ0v) is 20.0. The van der Waals surface area contributed by atoms with Crippen LogP contribution in [0.15, 0.2) is 90.3 Å². The standard InChI is InChI=1S/C23H22N6O4S.ClH/c24-23(34(32,33)19-4-2-11-25-15-19,20-5-1-6-21(28-20)26-16-22(30)31)14-17-7-9-18(10-8-17)29-13-3-12-27-29;/h1-13,15H,14,16,24H2,(H,26,28)(H,30,31);1H. The van der Waals surface area contributed by atoms with Crippen LogP contribution in [0.2, 0.25) is 0 Å². The van der Waals surface area contributed by atoms with Crippen LogP contribution in [0.3, 0.4) is 0 Å². The third-order valence-electron chi connectivity index (χ3n) is 5.20. The van der Waals surface area contributed by atoms with E-state index >= 15 is 0 Å². The summed E-state index contributed by atoms with van der Waals surface area (Å²) in [5.74, 6) is -0.878. The normalized spacial score (nSPS) is 12.8. The summed E-state index contributed by atoms with van der Waals surface area (Å²) in [6, 6.07) is 16.6. The molecule has 3 aromatic heterocycles. The molecule has 0 bridgehead atoms. The maximum atomic E-state index is 13.8. The van der Waals surface area contributed by atoms with Gasteiger partial charge in [-0.3, -0.25) is 9.78 Å². The van der Waals surface area contributed by atoms with Gasteiger partial charge in [-0.2, -0.15) is 5.10 Å². The summed E-state index contributed by atoms with van der Waals surface area (Å²) >= 11 is 0. The van der Waals surface area contributed by atoms with Gasteiger partial charge in [-0.05, 0) is 48.0 Å². The molecule has 0 saturated carbocycles. The van der Waals surface area contributed by atoms with E-state index in [-0.39, 0.29) is 41.8 Å². The highest BCUT2D eigenvalue weighted by atomic mass is 35.5. The molecule has 0 aliphatic heterocycles. The molecule has 12 heteroatoms. The van der Waals surface area contributed by atoms with Crippen molar-refractivity contribution >= 4 is 34.0 Å². The molecule has 4 aromatic rings. The van der Waals surface area contributed by atoms with Gasteiger partial charge in [0.1, 0.15) is 12.4 Å². The number of sulfone groups is 1. The van der Waals surface area contributed by atoms with E-state index < -0.39 is 20.7 Å². The van der Waals surface area contributed by atoms with E-state index in [1.54, 1.807) is 47.4 Å². The lowest BCUT2D eigenvalue weighted by atomic mass is 10.0. The number of aromatic nitrogens is 4. The molecule has 4 N–H and O–H groups in total. The summed E-state index contributed by atoms with van der Waals surface area (Å²) in [5.41, 5.74) is 8.22. The Balaban J connectivity index is 0.00000342. The fraction of sp³-hybridized carbons (Fsp3) is 0.130. The van der Waals surface area contributed by atoms with Gasteiger partial charge < -0.3 is 16.2 Å². The zero-order valence-electron chi connectivity index (χ0n) is 18.4. The van der Waals surface area contributed by atoms with E-state index in [1.165, 1.54) is 30.6 Å². The molecular weight excluding hydrogens is 492 g/mol. The molecule has 0 amide bonds. The van der Waals surface area contributed by atoms with Crippen molar-refractivity contribution in [2.75, 3.05) is 11.9 Å². The van der Waals surface area contributed by atoms with Crippen LogP contribution in [-0.4, -0.2) is 45.8 Å². The van der Waals surface area contributed by atoms with Crippen LogP contribution in [0.1, 0.15) is 11.3 Å². The molecule has 1 aromatic carbocycles. The number of anilines is 1. The summed E-state index contributed by atoms with van der Waals surface area (Å²) < 4.78 is 29.2. The summed E-state index contributed by atoms with van der Waals surface area (Å²) in [7, 11) is -4.16. The number of aliphatic carboxylic acids is 1. The second kappa shape index (κ2) is 10.6. The highest BCUT2D eigenvalue weighted by Gasteiger charge is 2.44.